The Morgan fingerprint density at radius 3 is 2.30 bits per heavy atom. The monoisotopic (exact) mass is 452 g/mol. The van der Waals surface area contributed by atoms with E-state index in [0.717, 1.165) is 10.2 Å². The molecule has 0 spiro atoms. The van der Waals surface area contributed by atoms with Gasteiger partial charge in [-0.05, 0) is 62.0 Å². The molecule has 1 amide bonds. The standard InChI is InChI=1S/C19H21BrN2O4S/c1-22(16-10-11-27(24,25)13-16)12-19(23)21-15-4-8-18(9-5-15)26-17-6-2-14(20)3-7-17/h2-9,16H,10-13H2,1H3,(H,21,23)/t16-/m1/s1. The highest BCUT2D eigenvalue weighted by Gasteiger charge is 2.31. The molecule has 1 aliphatic heterocycles. The zero-order chi connectivity index (χ0) is 19.4. The molecule has 0 unspecified atom stereocenters. The van der Waals surface area contributed by atoms with Crippen LogP contribution in [0.2, 0.25) is 0 Å². The number of hydrogen-bond donors (Lipinski definition) is 1. The minimum Gasteiger partial charge on any atom is -0.457 e. The Morgan fingerprint density at radius 1 is 1.15 bits per heavy atom. The summed E-state index contributed by atoms with van der Waals surface area (Å²) in [6.45, 7) is 0.150. The molecule has 6 nitrogen and oxygen atoms in total. The molecule has 1 saturated heterocycles. The maximum absolute atomic E-state index is 12.2. The van der Waals surface area contributed by atoms with Crippen molar-refractivity contribution in [3.05, 3.63) is 53.0 Å². The summed E-state index contributed by atoms with van der Waals surface area (Å²) in [4.78, 5) is 14.0. The summed E-state index contributed by atoms with van der Waals surface area (Å²) in [5.41, 5.74) is 0.663. The minimum atomic E-state index is -2.96. The van der Waals surface area contributed by atoms with E-state index in [1.807, 2.05) is 24.3 Å². The number of sulfone groups is 1. The molecule has 2 aromatic rings. The molecule has 1 atom stereocenters. The average molecular weight is 453 g/mol. The van der Waals surface area contributed by atoms with E-state index < -0.39 is 9.84 Å². The number of ether oxygens (including phenoxy) is 1. The van der Waals surface area contributed by atoms with E-state index in [1.165, 1.54) is 0 Å². The maximum atomic E-state index is 12.2. The summed E-state index contributed by atoms with van der Waals surface area (Å²) in [7, 11) is -1.18. The van der Waals surface area contributed by atoms with Crippen molar-refractivity contribution in [3.8, 4) is 11.5 Å². The molecule has 1 heterocycles. The number of likely N-dealkylation sites (N-methyl/N-ethyl adjacent to an activating group) is 1. The van der Waals surface area contributed by atoms with Crippen molar-refractivity contribution in [3.63, 3.8) is 0 Å². The molecule has 1 fully saturated rings. The van der Waals surface area contributed by atoms with Gasteiger partial charge in [0.2, 0.25) is 5.91 Å². The molecule has 8 heteroatoms. The lowest BCUT2D eigenvalue weighted by Crippen LogP contribution is -2.38. The van der Waals surface area contributed by atoms with Crippen molar-refractivity contribution in [2.45, 2.75) is 12.5 Å². The summed E-state index contributed by atoms with van der Waals surface area (Å²) < 4.78 is 29.8. The molecular formula is C19H21BrN2O4S. The van der Waals surface area contributed by atoms with Crippen LogP contribution in [-0.2, 0) is 14.6 Å². The topological polar surface area (TPSA) is 75.7 Å². The number of halogens is 1. The van der Waals surface area contributed by atoms with Crippen LogP contribution < -0.4 is 10.1 Å². The Morgan fingerprint density at radius 2 is 1.74 bits per heavy atom. The summed E-state index contributed by atoms with van der Waals surface area (Å²) in [5, 5.41) is 2.82. The van der Waals surface area contributed by atoms with Crippen molar-refractivity contribution in [2.24, 2.45) is 0 Å². The van der Waals surface area contributed by atoms with Gasteiger partial charge in [-0.1, -0.05) is 15.9 Å². The van der Waals surface area contributed by atoms with Gasteiger partial charge in [0.25, 0.3) is 0 Å². The van der Waals surface area contributed by atoms with E-state index in [-0.39, 0.29) is 30.0 Å². The highest BCUT2D eigenvalue weighted by Crippen LogP contribution is 2.24. The smallest absolute Gasteiger partial charge is 0.238 e. The SMILES string of the molecule is CN(CC(=O)Nc1ccc(Oc2ccc(Br)cc2)cc1)[C@@H]1CCS(=O)(=O)C1. The van der Waals surface area contributed by atoms with Crippen molar-refractivity contribution in [1.82, 2.24) is 4.90 Å². The molecule has 27 heavy (non-hydrogen) atoms. The first-order chi connectivity index (χ1) is 12.8. The lowest BCUT2D eigenvalue weighted by Gasteiger charge is -2.22. The Kier molecular flexibility index (Phi) is 6.18. The van der Waals surface area contributed by atoms with Crippen molar-refractivity contribution in [2.75, 3.05) is 30.4 Å². The molecule has 3 rings (SSSR count). The molecule has 0 saturated carbocycles. The third kappa shape index (κ3) is 5.79. The van der Waals surface area contributed by atoms with Crippen LogP contribution in [0.4, 0.5) is 5.69 Å². The Balaban J connectivity index is 1.51. The highest BCUT2D eigenvalue weighted by atomic mass is 79.9. The molecule has 1 aliphatic rings. The van der Waals surface area contributed by atoms with E-state index in [4.69, 9.17) is 4.74 Å². The quantitative estimate of drug-likeness (QED) is 0.727. The normalized spacial score (nSPS) is 18.4. The van der Waals surface area contributed by atoms with Gasteiger partial charge in [0.1, 0.15) is 11.5 Å². The molecule has 0 aliphatic carbocycles. The van der Waals surface area contributed by atoms with Gasteiger partial charge >= 0.3 is 0 Å². The molecule has 0 radical (unpaired) electrons. The molecule has 0 bridgehead atoms. The molecule has 2 aromatic carbocycles. The predicted octanol–water partition coefficient (Wildman–Crippen LogP) is 3.30. The van der Waals surface area contributed by atoms with Crippen molar-refractivity contribution in [1.29, 1.82) is 0 Å². The third-order valence-corrected chi connectivity index (χ3v) is 6.69. The van der Waals surface area contributed by atoms with Gasteiger partial charge in [0.05, 0.1) is 18.1 Å². The number of carbonyl (C=O) groups is 1. The van der Waals surface area contributed by atoms with Crippen LogP contribution in [-0.4, -0.2) is 50.4 Å². The minimum absolute atomic E-state index is 0.0950. The first-order valence-electron chi connectivity index (χ1n) is 8.55. The molecule has 144 valence electrons. The first kappa shape index (κ1) is 19.9. The van der Waals surface area contributed by atoms with Crippen LogP contribution in [0.15, 0.2) is 53.0 Å². The maximum Gasteiger partial charge on any atom is 0.238 e. The Bertz CT molecular complexity index is 898. The molecule has 1 N–H and O–H groups in total. The Hall–Kier alpha value is -1.90. The molecular weight excluding hydrogens is 432 g/mol. The summed E-state index contributed by atoms with van der Waals surface area (Å²) in [6, 6.07) is 14.5. The van der Waals surface area contributed by atoms with Crippen molar-refractivity contribution >= 4 is 37.4 Å². The average Bonchev–Trinajstić information content (AvgIpc) is 2.99. The van der Waals surface area contributed by atoms with Crippen LogP contribution in [0, 0.1) is 0 Å². The lowest BCUT2D eigenvalue weighted by molar-refractivity contribution is -0.117. The number of amides is 1. The van der Waals surface area contributed by atoms with Crippen LogP contribution in [0.3, 0.4) is 0 Å². The number of benzene rings is 2. The number of carbonyl (C=O) groups excluding carboxylic acids is 1. The third-order valence-electron chi connectivity index (χ3n) is 4.41. The second kappa shape index (κ2) is 8.41. The number of nitrogens with zero attached hydrogens (tertiary/aromatic N) is 1. The van der Waals surface area contributed by atoms with E-state index in [2.05, 4.69) is 21.2 Å². The Labute approximate surface area is 167 Å². The van der Waals surface area contributed by atoms with Crippen LogP contribution in [0.25, 0.3) is 0 Å². The number of rotatable bonds is 6. The highest BCUT2D eigenvalue weighted by molar-refractivity contribution is 9.10. The van der Waals surface area contributed by atoms with Crippen LogP contribution in [0.5, 0.6) is 11.5 Å². The number of nitrogens with one attached hydrogen (secondary N) is 1. The largest absolute Gasteiger partial charge is 0.457 e. The van der Waals surface area contributed by atoms with Gasteiger partial charge < -0.3 is 10.1 Å². The van der Waals surface area contributed by atoms with Gasteiger partial charge in [-0.2, -0.15) is 0 Å². The zero-order valence-electron chi connectivity index (χ0n) is 14.9. The van der Waals surface area contributed by atoms with Gasteiger partial charge in [0.15, 0.2) is 9.84 Å². The fraction of sp³-hybridized carbons (Fsp3) is 0.316. The van der Waals surface area contributed by atoms with E-state index in [9.17, 15) is 13.2 Å². The van der Waals surface area contributed by atoms with Gasteiger partial charge in [0, 0.05) is 16.2 Å². The van der Waals surface area contributed by atoms with Gasteiger partial charge in [-0.15, -0.1) is 0 Å². The van der Waals surface area contributed by atoms with E-state index in [1.54, 1.807) is 36.2 Å². The van der Waals surface area contributed by atoms with E-state index >= 15 is 0 Å². The van der Waals surface area contributed by atoms with Crippen molar-refractivity contribution < 1.29 is 17.9 Å². The second-order valence-corrected chi connectivity index (χ2v) is 9.74. The second-order valence-electron chi connectivity index (χ2n) is 6.60. The van der Waals surface area contributed by atoms with Gasteiger partial charge in [-0.3, -0.25) is 9.69 Å². The van der Waals surface area contributed by atoms with E-state index in [0.29, 0.717) is 17.9 Å². The molecule has 0 aromatic heterocycles. The lowest BCUT2D eigenvalue weighted by atomic mass is 10.2. The fourth-order valence-corrected chi connectivity index (χ4v) is 4.99. The zero-order valence-corrected chi connectivity index (χ0v) is 17.3. The fourth-order valence-electron chi connectivity index (χ4n) is 2.92. The first-order valence-corrected chi connectivity index (χ1v) is 11.2. The summed E-state index contributed by atoms with van der Waals surface area (Å²) in [6.07, 6.45) is 0.578. The number of hydrogen-bond acceptors (Lipinski definition) is 5. The van der Waals surface area contributed by atoms with Crippen LogP contribution in [0.1, 0.15) is 6.42 Å². The predicted molar refractivity (Wildman–Crippen MR) is 109 cm³/mol. The van der Waals surface area contributed by atoms with Gasteiger partial charge in [-0.25, -0.2) is 8.42 Å². The number of anilines is 1. The summed E-state index contributed by atoms with van der Waals surface area (Å²) >= 11 is 3.38. The summed E-state index contributed by atoms with van der Waals surface area (Å²) in [5.74, 6) is 1.54. The van der Waals surface area contributed by atoms with Crippen LogP contribution >= 0.6 is 15.9 Å².